The molecule has 12 heavy (non-hydrogen) atoms. The van der Waals surface area contributed by atoms with Crippen molar-refractivity contribution in [1.29, 1.82) is 0 Å². The summed E-state index contributed by atoms with van der Waals surface area (Å²) in [7, 11) is 0. The molecule has 0 amide bonds. The predicted molar refractivity (Wildman–Crippen MR) is 47.9 cm³/mol. The molecule has 2 aliphatic rings. The Labute approximate surface area is 74.5 Å². The van der Waals surface area contributed by atoms with Crippen molar-refractivity contribution in [2.75, 3.05) is 0 Å². The van der Waals surface area contributed by atoms with Gasteiger partial charge in [-0.25, -0.2) is 4.39 Å². The van der Waals surface area contributed by atoms with E-state index in [4.69, 9.17) is 5.73 Å². The number of halogens is 1. The number of nitrogens with two attached hydrogens (primary N) is 1. The second kappa shape index (κ2) is 2.27. The highest BCUT2D eigenvalue weighted by molar-refractivity contribution is 7.80. The molecule has 0 aromatic heterocycles. The van der Waals surface area contributed by atoms with Crippen molar-refractivity contribution in [2.45, 2.75) is 11.8 Å². The van der Waals surface area contributed by atoms with Crippen molar-refractivity contribution in [3.8, 4) is 0 Å². The third kappa shape index (κ3) is 1.21. The van der Waals surface area contributed by atoms with E-state index in [0.717, 1.165) is 5.70 Å². The first-order valence-corrected chi connectivity index (χ1v) is 3.95. The molecule has 0 radical (unpaired) electrons. The van der Waals surface area contributed by atoms with Gasteiger partial charge in [0.15, 0.2) is 5.11 Å². The quantitative estimate of drug-likeness (QED) is 0.303. The number of alkyl halides is 1. The molecule has 5 heteroatoms. The maximum atomic E-state index is 13.1. The Kier molecular flexibility index (Phi) is 1.46. The topological polar surface area (TPSA) is 60.0 Å². The third-order valence-corrected chi connectivity index (χ3v) is 1.97. The molecule has 0 bridgehead atoms. The molecule has 2 rings (SSSR count). The zero-order valence-electron chi connectivity index (χ0n) is 6.17. The summed E-state index contributed by atoms with van der Waals surface area (Å²) < 4.78 is 13.1. The molecule has 1 aliphatic heterocycles. The molecule has 0 spiro atoms. The molecule has 0 saturated carbocycles. The summed E-state index contributed by atoms with van der Waals surface area (Å²) in [5, 5.41) is 5.58. The zero-order valence-corrected chi connectivity index (χ0v) is 6.99. The Morgan fingerprint density at radius 1 is 1.83 bits per heavy atom. The zero-order chi connectivity index (χ0) is 8.77. The van der Waals surface area contributed by atoms with E-state index < -0.39 is 5.79 Å². The first-order valence-electron chi connectivity index (χ1n) is 3.54. The van der Waals surface area contributed by atoms with Gasteiger partial charge in [-0.3, -0.25) is 5.32 Å². The molecular formula is C7H8FN3S. The van der Waals surface area contributed by atoms with Gasteiger partial charge in [0.25, 0.3) is 0 Å². The van der Waals surface area contributed by atoms with Crippen LogP contribution in [0.1, 0.15) is 0 Å². The van der Waals surface area contributed by atoms with Gasteiger partial charge in [0, 0.05) is 5.70 Å². The molecule has 0 aromatic carbocycles. The molecule has 0 aromatic rings. The summed E-state index contributed by atoms with van der Waals surface area (Å²) in [6.45, 7) is 0. The van der Waals surface area contributed by atoms with E-state index in [1.54, 1.807) is 12.2 Å². The average molecular weight is 185 g/mol. The van der Waals surface area contributed by atoms with Crippen LogP contribution in [0.15, 0.2) is 23.9 Å². The molecule has 4 N–H and O–H groups in total. The lowest BCUT2D eigenvalue weighted by Crippen LogP contribution is -2.29. The lowest BCUT2D eigenvalue weighted by Gasteiger charge is -2.08. The van der Waals surface area contributed by atoms with Crippen LogP contribution in [0.25, 0.3) is 0 Å². The van der Waals surface area contributed by atoms with Crippen LogP contribution < -0.4 is 16.4 Å². The summed E-state index contributed by atoms with van der Waals surface area (Å²) in [4.78, 5) is 0. The van der Waals surface area contributed by atoms with Gasteiger partial charge in [0.2, 0.25) is 5.79 Å². The first-order chi connectivity index (χ1) is 5.60. The van der Waals surface area contributed by atoms with Gasteiger partial charge in [0.1, 0.15) is 0 Å². The Morgan fingerprint density at radius 3 is 3.17 bits per heavy atom. The summed E-state index contributed by atoms with van der Waals surface area (Å²) in [6.07, 6.45) is 4.80. The number of hydrogen-bond donors (Lipinski definition) is 3. The monoisotopic (exact) mass is 185 g/mol. The Balaban J connectivity index is 2.08. The van der Waals surface area contributed by atoms with Crippen molar-refractivity contribution in [2.24, 2.45) is 5.73 Å². The van der Waals surface area contributed by atoms with Gasteiger partial charge in [0.05, 0.1) is 6.04 Å². The van der Waals surface area contributed by atoms with E-state index in [9.17, 15) is 4.39 Å². The van der Waals surface area contributed by atoms with Crippen LogP contribution >= 0.6 is 12.2 Å². The van der Waals surface area contributed by atoms with Crippen molar-refractivity contribution >= 4 is 17.3 Å². The minimum atomic E-state index is -1.32. The molecule has 2 atom stereocenters. The van der Waals surface area contributed by atoms with E-state index in [2.05, 4.69) is 22.9 Å². The highest BCUT2D eigenvalue weighted by atomic mass is 32.1. The minimum absolute atomic E-state index is 0.193. The summed E-state index contributed by atoms with van der Waals surface area (Å²) in [5.74, 6) is -1.32. The van der Waals surface area contributed by atoms with Gasteiger partial charge in [-0.15, -0.1) is 0 Å². The van der Waals surface area contributed by atoms with Crippen LogP contribution in [-0.2, 0) is 0 Å². The van der Waals surface area contributed by atoms with E-state index >= 15 is 0 Å². The summed E-state index contributed by atoms with van der Waals surface area (Å²) in [6, 6.07) is -0.223. The highest BCUT2D eigenvalue weighted by Crippen LogP contribution is 2.34. The number of nitrogens with one attached hydrogen (secondary N) is 2. The van der Waals surface area contributed by atoms with Crippen molar-refractivity contribution in [3.63, 3.8) is 0 Å². The van der Waals surface area contributed by atoms with E-state index in [0.29, 0.717) is 0 Å². The Hall–Kier alpha value is -0.940. The average Bonchev–Trinajstić information content (AvgIpc) is 2.59. The lowest BCUT2D eigenvalue weighted by molar-refractivity contribution is 0.362. The normalized spacial score (nSPS) is 36.8. The van der Waals surface area contributed by atoms with Crippen LogP contribution in [0, 0.1) is 0 Å². The number of allylic oxidation sites excluding steroid dienone is 1. The molecule has 64 valence electrons. The number of fused-ring (bicyclic) bond motifs is 1. The van der Waals surface area contributed by atoms with E-state index in [1.807, 2.05) is 0 Å². The Morgan fingerprint density at radius 2 is 2.58 bits per heavy atom. The summed E-state index contributed by atoms with van der Waals surface area (Å²) >= 11 is 4.63. The smallest absolute Gasteiger partial charge is 0.200 e. The second-order valence-corrected chi connectivity index (χ2v) is 3.27. The fourth-order valence-corrected chi connectivity index (χ4v) is 1.30. The highest BCUT2D eigenvalue weighted by Gasteiger charge is 2.53. The number of rotatable bonds is 1. The fraction of sp³-hybridized carbons (Fsp3) is 0.286. The second-order valence-electron chi connectivity index (χ2n) is 2.83. The fourth-order valence-electron chi connectivity index (χ4n) is 1.18. The molecule has 1 aliphatic carbocycles. The van der Waals surface area contributed by atoms with Crippen LogP contribution in [0.5, 0.6) is 0 Å². The standard InChI is InChI=1S/C7H8FN3S/c8-7-2-1-4(10-6(9)12)3-5(7)11-7/h1-3,5,11H,(H3,9,10,12)/t5-,7+/m1/s1. The van der Waals surface area contributed by atoms with E-state index in [1.165, 1.54) is 6.08 Å². The largest absolute Gasteiger partial charge is 0.376 e. The first kappa shape index (κ1) is 7.70. The van der Waals surface area contributed by atoms with Crippen molar-refractivity contribution in [3.05, 3.63) is 23.9 Å². The predicted octanol–water partition coefficient (Wildman–Crippen LogP) is -0.0891. The number of thiocarbonyl (C=S) groups is 1. The molecule has 3 nitrogen and oxygen atoms in total. The SMILES string of the molecule is NC(=S)NC1=C[C@H]2N[C@@]2(F)C=C1. The Bertz CT molecular complexity index is 299. The lowest BCUT2D eigenvalue weighted by atomic mass is 10.1. The van der Waals surface area contributed by atoms with Crippen molar-refractivity contribution < 1.29 is 4.39 Å². The van der Waals surface area contributed by atoms with Crippen molar-refractivity contribution in [1.82, 2.24) is 10.6 Å². The van der Waals surface area contributed by atoms with Gasteiger partial charge in [-0.05, 0) is 30.4 Å². The number of hydrogen-bond acceptors (Lipinski definition) is 2. The van der Waals surface area contributed by atoms with Crippen LogP contribution in [0.4, 0.5) is 4.39 Å². The summed E-state index contributed by atoms with van der Waals surface area (Å²) in [5.41, 5.74) is 5.99. The maximum absolute atomic E-state index is 13.1. The van der Waals surface area contributed by atoms with Crippen LogP contribution in [0.2, 0.25) is 0 Å². The van der Waals surface area contributed by atoms with Crippen LogP contribution in [-0.4, -0.2) is 16.9 Å². The molecule has 1 heterocycles. The van der Waals surface area contributed by atoms with Gasteiger partial charge < -0.3 is 11.1 Å². The van der Waals surface area contributed by atoms with Gasteiger partial charge >= 0.3 is 0 Å². The van der Waals surface area contributed by atoms with Gasteiger partial charge in [-0.1, -0.05) is 0 Å². The molecular weight excluding hydrogens is 177 g/mol. The maximum Gasteiger partial charge on any atom is 0.200 e. The third-order valence-electron chi connectivity index (χ3n) is 1.87. The van der Waals surface area contributed by atoms with Crippen LogP contribution in [0.3, 0.4) is 0 Å². The molecule has 0 unspecified atom stereocenters. The molecule has 1 saturated heterocycles. The van der Waals surface area contributed by atoms with E-state index in [-0.39, 0.29) is 11.2 Å². The minimum Gasteiger partial charge on any atom is -0.376 e. The molecule has 1 fully saturated rings. The van der Waals surface area contributed by atoms with Gasteiger partial charge in [-0.2, -0.15) is 0 Å².